The molecule has 5 heteroatoms. The molecule has 1 aliphatic rings. The number of aryl methyl sites for hydroxylation is 2. The van der Waals surface area contributed by atoms with E-state index in [1.54, 1.807) is 6.26 Å². The van der Waals surface area contributed by atoms with E-state index in [1.165, 1.54) is 0 Å². The molecule has 0 spiro atoms. The maximum absolute atomic E-state index is 12.5. The summed E-state index contributed by atoms with van der Waals surface area (Å²) >= 11 is 3.42. The topological polar surface area (TPSA) is 47.2 Å². The highest BCUT2D eigenvalue weighted by atomic mass is 79.9. The van der Waals surface area contributed by atoms with Crippen molar-refractivity contribution >= 4 is 21.8 Å². The van der Waals surface area contributed by atoms with Crippen molar-refractivity contribution in [1.82, 2.24) is 9.88 Å². The van der Waals surface area contributed by atoms with Crippen LogP contribution in [-0.2, 0) is 13.0 Å². The zero-order chi connectivity index (χ0) is 14.1. The van der Waals surface area contributed by atoms with Gasteiger partial charge in [0, 0.05) is 29.2 Å². The minimum atomic E-state index is -0.0309. The molecule has 0 fully saturated rings. The molecule has 0 aliphatic heterocycles. The Labute approximate surface area is 126 Å². The Morgan fingerprint density at radius 3 is 3.25 bits per heavy atom. The predicted octanol–water partition coefficient (Wildman–Crippen LogP) is 3.67. The summed E-state index contributed by atoms with van der Waals surface area (Å²) in [5.41, 5.74) is 1.81. The lowest BCUT2D eigenvalue weighted by Crippen LogP contribution is -2.31. The maximum atomic E-state index is 12.5. The lowest BCUT2D eigenvalue weighted by molar-refractivity contribution is 0.0923. The van der Waals surface area contributed by atoms with Gasteiger partial charge in [0.25, 0.3) is 5.91 Å². The molecule has 0 bridgehead atoms. The van der Waals surface area contributed by atoms with Crippen molar-refractivity contribution in [1.29, 1.82) is 0 Å². The number of halogens is 1. The van der Waals surface area contributed by atoms with Gasteiger partial charge in [0.05, 0.1) is 12.3 Å². The van der Waals surface area contributed by atoms with Gasteiger partial charge < -0.3 is 14.3 Å². The average Bonchev–Trinajstić information content (AvgIpc) is 3.05. The van der Waals surface area contributed by atoms with Crippen LogP contribution < -0.4 is 5.32 Å². The van der Waals surface area contributed by atoms with E-state index in [9.17, 15) is 4.79 Å². The number of fused-ring (bicyclic) bond motifs is 1. The van der Waals surface area contributed by atoms with E-state index in [0.29, 0.717) is 5.69 Å². The van der Waals surface area contributed by atoms with E-state index < -0.39 is 0 Å². The predicted molar refractivity (Wildman–Crippen MR) is 79.7 cm³/mol. The number of aromatic nitrogens is 1. The van der Waals surface area contributed by atoms with Gasteiger partial charge in [0.1, 0.15) is 11.5 Å². The number of furan rings is 1. The lowest BCUT2D eigenvalue weighted by atomic mass is 9.93. The molecule has 1 aliphatic carbocycles. The van der Waals surface area contributed by atoms with Crippen LogP contribution in [0, 0.1) is 0 Å². The molecule has 1 atom stereocenters. The molecular weight excluding hydrogens is 320 g/mol. The SMILES string of the molecule is CCn1cc(Br)cc1C(=O)NC1CCCc2occc21. The van der Waals surface area contributed by atoms with Crippen LogP contribution in [0.1, 0.15) is 47.6 Å². The van der Waals surface area contributed by atoms with Crippen LogP contribution in [0.15, 0.2) is 33.5 Å². The van der Waals surface area contributed by atoms with Crippen molar-refractivity contribution < 1.29 is 9.21 Å². The van der Waals surface area contributed by atoms with Gasteiger partial charge in [-0.1, -0.05) is 0 Å². The highest BCUT2D eigenvalue weighted by molar-refractivity contribution is 9.10. The Morgan fingerprint density at radius 1 is 1.60 bits per heavy atom. The molecule has 0 radical (unpaired) electrons. The summed E-state index contributed by atoms with van der Waals surface area (Å²) in [4.78, 5) is 12.5. The van der Waals surface area contributed by atoms with Crippen LogP contribution in [0.3, 0.4) is 0 Å². The first-order valence-electron chi connectivity index (χ1n) is 6.92. The maximum Gasteiger partial charge on any atom is 0.268 e. The lowest BCUT2D eigenvalue weighted by Gasteiger charge is -2.23. The zero-order valence-electron chi connectivity index (χ0n) is 11.4. The van der Waals surface area contributed by atoms with E-state index in [4.69, 9.17) is 4.42 Å². The highest BCUT2D eigenvalue weighted by Crippen LogP contribution is 2.30. The van der Waals surface area contributed by atoms with E-state index in [-0.39, 0.29) is 11.9 Å². The van der Waals surface area contributed by atoms with E-state index >= 15 is 0 Å². The molecule has 1 amide bonds. The van der Waals surface area contributed by atoms with Crippen LogP contribution in [0.5, 0.6) is 0 Å². The first-order chi connectivity index (χ1) is 9.69. The van der Waals surface area contributed by atoms with Gasteiger partial charge in [-0.05, 0) is 47.8 Å². The molecule has 1 N–H and O–H groups in total. The monoisotopic (exact) mass is 336 g/mol. The average molecular weight is 337 g/mol. The summed E-state index contributed by atoms with van der Waals surface area (Å²) in [6.45, 7) is 2.80. The standard InChI is InChI=1S/C15H17BrN2O2/c1-2-18-9-10(16)8-13(18)15(19)17-12-4-3-5-14-11(12)6-7-20-14/h6-9,12H,2-5H2,1H3,(H,17,19). The molecule has 0 aromatic carbocycles. The molecule has 20 heavy (non-hydrogen) atoms. The van der Waals surface area contributed by atoms with Gasteiger partial charge in [-0.2, -0.15) is 0 Å². The minimum absolute atomic E-state index is 0.0309. The van der Waals surface area contributed by atoms with Gasteiger partial charge in [-0.3, -0.25) is 4.79 Å². The number of rotatable bonds is 3. The van der Waals surface area contributed by atoms with Crippen molar-refractivity contribution in [2.75, 3.05) is 0 Å². The molecule has 3 rings (SSSR count). The van der Waals surface area contributed by atoms with E-state index in [0.717, 1.165) is 41.6 Å². The summed E-state index contributed by atoms with van der Waals surface area (Å²) < 4.78 is 8.33. The van der Waals surface area contributed by atoms with Crippen LogP contribution >= 0.6 is 15.9 Å². The first-order valence-corrected chi connectivity index (χ1v) is 7.71. The Bertz CT molecular complexity index is 630. The third-order valence-electron chi connectivity index (χ3n) is 3.79. The molecule has 2 aromatic heterocycles. The molecule has 0 saturated heterocycles. The van der Waals surface area contributed by atoms with Gasteiger partial charge in [0.2, 0.25) is 0 Å². The summed E-state index contributed by atoms with van der Waals surface area (Å²) in [6.07, 6.45) is 6.61. The second kappa shape index (κ2) is 5.48. The smallest absolute Gasteiger partial charge is 0.268 e. The van der Waals surface area contributed by atoms with Crippen LogP contribution in [-0.4, -0.2) is 10.5 Å². The first kappa shape index (κ1) is 13.5. The Balaban J connectivity index is 1.80. The summed E-state index contributed by atoms with van der Waals surface area (Å²) in [5.74, 6) is 0.977. The van der Waals surface area contributed by atoms with E-state index in [1.807, 2.05) is 29.8 Å². The third kappa shape index (κ3) is 2.42. The van der Waals surface area contributed by atoms with Crippen LogP contribution in [0.25, 0.3) is 0 Å². The minimum Gasteiger partial charge on any atom is -0.469 e. The second-order valence-electron chi connectivity index (χ2n) is 5.05. The van der Waals surface area contributed by atoms with Gasteiger partial charge in [-0.25, -0.2) is 0 Å². The van der Waals surface area contributed by atoms with Crippen molar-refractivity contribution in [3.63, 3.8) is 0 Å². The van der Waals surface area contributed by atoms with Gasteiger partial charge in [0.15, 0.2) is 0 Å². The number of hydrogen-bond donors (Lipinski definition) is 1. The molecule has 2 aromatic rings. The van der Waals surface area contributed by atoms with Crippen molar-refractivity contribution in [2.24, 2.45) is 0 Å². The fraction of sp³-hybridized carbons (Fsp3) is 0.400. The molecule has 2 heterocycles. The number of nitrogens with one attached hydrogen (secondary N) is 1. The largest absolute Gasteiger partial charge is 0.469 e. The number of amides is 1. The normalized spacial score (nSPS) is 17.8. The Morgan fingerprint density at radius 2 is 2.45 bits per heavy atom. The Kier molecular flexibility index (Phi) is 3.70. The number of hydrogen-bond acceptors (Lipinski definition) is 2. The van der Waals surface area contributed by atoms with Crippen molar-refractivity contribution in [3.05, 3.63) is 46.1 Å². The third-order valence-corrected chi connectivity index (χ3v) is 4.23. The fourth-order valence-electron chi connectivity index (χ4n) is 2.80. The molecular formula is C15H17BrN2O2. The number of carbonyl (C=O) groups excluding carboxylic acids is 1. The molecule has 106 valence electrons. The van der Waals surface area contributed by atoms with Gasteiger partial charge >= 0.3 is 0 Å². The summed E-state index contributed by atoms with van der Waals surface area (Å²) in [5, 5.41) is 3.12. The van der Waals surface area contributed by atoms with Crippen LogP contribution in [0.4, 0.5) is 0 Å². The Hall–Kier alpha value is -1.49. The fourth-order valence-corrected chi connectivity index (χ4v) is 3.26. The molecule has 1 unspecified atom stereocenters. The van der Waals surface area contributed by atoms with Gasteiger partial charge in [-0.15, -0.1) is 0 Å². The van der Waals surface area contributed by atoms with Crippen LogP contribution in [0.2, 0.25) is 0 Å². The highest BCUT2D eigenvalue weighted by Gasteiger charge is 2.25. The molecule has 4 nitrogen and oxygen atoms in total. The van der Waals surface area contributed by atoms with Crippen molar-refractivity contribution in [3.8, 4) is 0 Å². The zero-order valence-corrected chi connectivity index (χ0v) is 12.9. The number of carbonyl (C=O) groups is 1. The molecule has 0 saturated carbocycles. The van der Waals surface area contributed by atoms with E-state index in [2.05, 4.69) is 21.2 Å². The number of nitrogens with zero attached hydrogens (tertiary/aromatic N) is 1. The summed E-state index contributed by atoms with van der Waals surface area (Å²) in [7, 11) is 0. The second-order valence-corrected chi connectivity index (χ2v) is 5.96. The summed E-state index contributed by atoms with van der Waals surface area (Å²) in [6, 6.07) is 3.88. The quantitative estimate of drug-likeness (QED) is 0.929. The van der Waals surface area contributed by atoms with Crippen molar-refractivity contribution in [2.45, 2.75) is 38.8 Å².